The van der Waals surface area contributed by atoms with E-state index in [1.54, 1.807) is 19.1 Å². The number of nitrogens with zero attached hydrogens (tertiary/aromatic N) is 1. The molecule has 2 N–H and O–H groups in total. The number of hydrazone groups is 1. The van der Waals surface area contributed by atoms with Crippen molar-refractivity contribution in [2.45, 2.75) is 40.5 Å². The molecule has 2 rings (SSSR count). The number of anilines is 1. The Bertz CT molecular complexity index is 888. The maximum absolute atomic E-state index is 12.1. The summed E-state index contributed by atoms with van der Waals surface area (Å²) in [5.41, 5.74) is 6.75. The van der Waals surface area contributed by atoms with Crippen LogP contribution in [0.3, 0.4) is 0 Å². The van der Waals surface area contributed by atoms with Crippen molar-refractivity contribution in [2.75, 3.05) is 11.9 Å². The van der Waals surface area contributed by atoms with E-state index < -0.39 is 0 Å². The summed E-state index contributed by atoms with van der Waals surface area (Å²) in [7, 11) is 0. The van der Waals surface area contributed by atoms with E-state index in [9.17, 15) is 9.59 Å². The van der Waals surface area contributed by atoms with Crippen LogP contribution in [0.2, 0.25) is 0 Å². The second kappa shape index (κ2) is 9.69. The van der Waals surface area contributed by atoms with Gasteiger partial charge < -0.3 is 10.1 Å². The monoisotopic (exact) mass is 381 g/mol. The highest BCUT2D eigenvalue weighted by molar-refractivity contribution is 6.00. The predicted molar refractivity (Wildman–Crippen MR) is 112 cm³/mol. The number of hydrogen-bond donors (Lipinski definition) is 2. The number of carbonyl (C=O) groups excluding carboxylic acids is 2. The molecule has 0 saturated carbocycles. The molecule has 0 aliphatic rings. The second-order valence-corrected chi connectivity index (χ2v) is 6.98. The van der Waals surface area contributed by atoms with E-state index in [2.05, 4.69) is 29.7 Å². The zero-order chi connectivity index (χ0) is 20.7. The minimum absolute atomic E-state index is 0.119. The Morgan fingerprint density at radius 3 is 2.54 bits per heavy atom. The number of rotatable bonds is 7. The van der Waals surface area contributed by atoms with Gasteiger partial charge in [0.2, 0.25) is 5.91 Å². The van der Waals surface area contributed by atoms with Crippen molar-refractivity contribution in [3.63, 3.8) is 0 Å². The van der Waals surface area contributed by atoms with Crippen LogP contribution in [0.15, 0.2) is 47.6 Å². The van der Waals surface area contributed by atoms with Crippen molar-refractivity contribution in [3.05, 3.63) is 59.2 Å². The molecule has 0 spiro atoms. The fourth-order valence-corrected chi connectivity index (χ4v) is 2.66. The number of nitrogens with one attached hydrogen (secondary N) is 2. The van der Waals surface area contributed by atoms with Gasteiger partial charge in [-0.1, -0.05) is 38.1 Å². The molecule has 2 aromatic carbocycles. The van der Waals surface area contributed by atoms with E-state index in [0.717, 1.165) is 16.7 Å². The van der Waals surface area contributed by atoms with Gasteiger partial charge in [-0.25, -0.2) is 5.43 Å². The Morgan fingerprint density at radius 1 is 1.11 bits per heavy atom. The van der Waals surface area contributed by atoms with Crippen LogP contribution in [0.5, 0.6) is 5.75 Å². The number of amides is 2. The molecule has 0 radical (unpaired) electrons. The maximum Gasteiger partial charge on any atom is 0.277 e. The third-order valence-electron chi connectivity index (χ3n) is 4.10. The lowest BCUT2D eigenvalue weighted by Crippen LogP contribution is -2.26. The normalized spacial score (nSPS) is 11.3. The minimum Gasteiger partial charge on any atom is -0.483 e. The molecule has 148 valence electrons. The molecular formula is C22H27N3O3. The van der Waals surface area contributed by atoms with E-state index in [0.29, 0.717) is 23.1 Å². The zero-order valence-corrected chi connectivity index (χ0v) is 17.0. The molecule has 2 amide bonds. The molecular weight excluding hydrogens is 354 g/mol. The van der Waals surface area contributed by atoms with Gasteiger partial charge in [-0.2, -0.15) is 5.10 Å². The first-order valence-electron chi connectivity index (χ1n) is 9.20. The van der Waals surface area contributed by atoms with Crippen molar-refractivity contribution >= 4 is 23.2 Å². The second-order valence-electron chi connectivity index (χ2n) is 6.98. The molecule has 28 heavy (non-hydrogen) atoms. The summed E-state index contributed by atoms with van der Waals surface area (Å²) in [4.78, 5) is 23.3. The van der Waals surface area contributed by atoms with E-state index in [-0.39, 0.29) is 18.4 Å². The van der Waals surface area contributed by atoms with Crippen LogP contribution in [0, 0.1) is 6.92 Å². The lowest BCUT2D eigenvalue weighted by atomic mass is 10.0. The molecule has 0 unspecified atom stereocenters. The van der Waals surface area contributed by atoms with E-state index >= 15 is 0 Å². The number of aryl methyl sites for hydroxylation is 1. The molecule has 0 aliphatic heterocycles. The number of benzene rings is 2. The van der Waals surface area contributed by atoms with Crippen molar-refractivity contribution < 1.29 is 14.3 Å². The van der Waals surface area contributed by atoms with E-state index in [1.807, 2.05) is 37.3 Å². The predicted octanol–water partition coefficient (Wildman–Crippen LogP) is 4.00. The molecule has 0 fully saturated rings. The molecule has 0 saturated heterocycles. The van der Waals surface area contributed by atoms with Gasteiger partial charge in [0.1, 0.15) is 5.75 Å². The average molecular weight is 381 g/mol. The Hall–Kier alpha value is -3.15. The Balaban J connectivity index is 1.98. The van der Waals surface area contributed by atoms with Crippen LogP contribution in [0.1, 0.15) is 50.3 Å². The van der Waals surface area contributed by atoms with Gasteiger partial charge in [0.15, 0.2) is 6.61 Å². The number of carbonyl (C=O) groups is 2. The Kier molecular flexibility index (Phi) is 7.32. The van der Waals surface area contributed by atoms with Crippen molar-refractivity contribution in [3.8, 4) is 5.75 Å². The fraction of sp³-hybridized carbons (Fsp3) is 0.318. The summed E-state index contributed by atoms with van der Waals surface area (Å²) in [6.07, 6.45) is 0. The van der Waals surface area contributed by atoms with Gasteiger partial charge in [-0.3, -0.25) is 9.59 Å². The van der Waals surface area contributed by atoms with Gasteiger partial charge >= 0.3 is 0 Å². The molecule has 0 bridgehead atoms. The summed E-state index contributed by atoms with van der Waals surface area (Å²) >= 11 is 0. The lowest BCUT2D eigenvalue weighted by Gasteiger charge is -2.14. The molecule has 6 heteroatoms. The summed E-state index contributed by atoms with van der Waals surface area (Å²) in [5.74, 6) is 0.534. The largest absolute Gasteiger partial charge is 0.483 e. The SMILES string of the molecule is CC(=O)Nc1cccc(/C(C)=N\NC(=O)COc2cc(C)ccc2C(C)C)c1. The third kappa shape index (κ3) is 6.23. The van der Waals surface area contributed by atoms with Crippen molar-refractivity contribution in [2.24, 2.45) is 5.10 Å². The average Bonchev–Trinajstić information content (AvgIpc) is 2.63. The summed E-state index contributed by atoms with van der Waals surface area (Å²) in [6.45, 7) is 9.27. The highest BCUT2D eigenvalue weighted by Crippen LogP contribution is 2.27. The Morgan fingerprint density at radius 2 is 1.86 bits per heavy atom. The third-order valence-corrected chi connectivity index (χ3v) is 4.10. The fourth-order valence-electron chi connectivity index (χ4n) is 2.66. The van der Waals surface area contributed by atoms with Crippen molar-refractivity contribution in [1.82, 2.24) is 5.43 Å². The summed E-state index contributed by atoms with van der Waals surface area (Å²) < 4.78 is 5.71. The lowest BCUT2D eigenvalue weighted by molar-refractivity contribution is -0.123. The molecule has 0 heterocycles. The number of hydrogen-bond acceptors (Lipinski definition) is 4. The zero-order valence-electron chi connectivity index (χ0n) is 17.0. The topological polar surface area (TPSA) is 79.8 Å². The van der Waals surface area contributed by atoms with Crippen LogP contribution < -0.4 is 15.5 Å². The first-order chi connectivity index (χ1) is 13.3. The highest BCUT2D eigenvalue weighted by atomic mass is 16.5. The van der Waals surface area contributed by atoms with Gasteiger partial charge in [0.25, 0.3) is 5.91 Å². The first-order valence-corrected chi connectivity index (χ1v) is 9.20. The van der Waals surface area contributed by atoms with Crippen LogP contribution in [-0.4, -0.2) is 24.1 Å². The van der Waals surface area contributed by atoms with Crippen LogP contribution in [-0.2, 0) is 9.59 Å². The van der Waals surface area contributed by atoms with E-state index in [4.69, 9.17) is 4.74 Å². The van der Waals surface area contributed by atoms with Gasteiger partial charge in [0.05, 0.1) is 5.71 Å². The molecule has 0 atom stereocenters. The Labute approximate surface area is 166 Å². The first kappa shape index (κ1) is 21.2. The minimum atomic E-state index is -0.339. The van der Waals surface area contributed by atoms with Gasteiger partial charge in [-0.15, -0.1) is 0 Å². The van der Waals surface area contributed by atoms with Gasteiger partial charge in [0, 0.05) is 12.6 Å². The number of ether oxygens (including phenoxy) is 1. The van der Waals surface area contributed by atoms with E-state index in [1.165, 1.54) is 6.92 Å². The smallest absolute Gasteiger partial charge is 0.277 e. The van der Waals surface area contributed by atoms with Crippen LogP contribution in [0.4, 0.5) is 5.69 Å². The summed E-state index contributed by atoms with van der Waals surface area (Å²) in [6, 6.07) is 13.3. The molecule has 2 aromatic rings. The highest BCUT2D eigenvalue weighted by Gasteiger charge is 2.10. The quantitative estimate of drug-likeness (QED) is 0.562. The molecule has 0 aliphatic carbocycles. The maximum atomic E-state index is 12.1. The summed E-state index contributed by atoms with van der Waals surface area (Å²) in [5, 5.41) is 6.85. The van der Waals surface area contributed by atoms with Crippen LogP contribution in [0.25, 0.3) is 0 Å². The standard InChI is InChI=1S/C22H27N3O3/c1-14(2)20-10-9-15(3)11-21(20)28-13-22(27)25-24-16(4)18-7-6-8-19(12-18)23-17(5)26/h6-12,14H,13H2,1-5H3,(H,23,26)(H,25,27)/b24-16-. The van der Waals surface area contributed by atoms with Crippen LogP contribution >= 0.6 is 0 Å². The molecule has 0 aromatic heterocycles. The van der Waals surface area contributed by atoms with Gasteiger partial charge in [-0.05, 0) is 54.7 Å². The van der Waals surface area contributed by atoms with Crippen molar-refractivity contribution in [1.29, 1.82) is 0 Å². The molecule has 6 nitrogen and oxygen atoms in total.